The highest BCUT2D eigenvalue weighted by Gasteiger charge is 2.22. The molecule has 0 aliphatic rings. The van der Waals surface area contributed by atoms with Crippen LogP contribution in [0.1, 0.15) is 24.9 Å². The molecule has 0 spiro atoms. The maximum atomic E-state index is 13.0. The van der Waals surface area contributed by atoms with Crippen LogP contribution in [0, 0.1) is 0 Å². The molecule has 0 aliphatic heterocycles. The van der Waals surface area contributed by atoms with Crippen molar-refractivity contribution >= 4 is 28.8 Å². The Kier molecular flexibility index (Phi) is 6.11. The summed E-state index contributed by atoms with van der Waals surface area (Å²) in [6.45, 7) is 2.15. The van der Waals surface area contributed by atoms with Crippen LogP contribution >= 0.6 is 11.6 Å². The van der Waals surface area contributed by atoms with Gasteiger partial charge < -0.3 is 5.32 Å². The van der Waals surface area contributed by atoms with E-state index in [1.807, 2.05) is 31.2 Å². The highest BCUT2D eigenvalue weighted by atomic mass is 35.5. The lowest BCUT2D eigenvalue weighted by Crippen LogP contribution is -2.27. The first-order valence-electron chi connectivity index (χ1n) is 11.0. The molecule has 3 aromatic heterocycles. The normalized spacial score (nSPS) is 12.1. The Morgan fingerprint density at radius 3 is 2.66 bits per heavy atom. The Hall–Kier alpha value is -4.31. The third-order valence-corrected chi connectivity index (χ3v) is 5.77. The number of tetrazole rings is 1. The Morgan fingerprint density at radius 2 is 1.89 bits per heavy atom. The lowest BCUT2D eigenvalue weighted by atomic mass is 10.1. The summed E-state index contributed by atoms with van der Waals surface area (Å²) in [5.41, 5.74) is 2.53. The molecule has 0 saturated carbocycles. The molecule has 1 amide bonds. The summed E-state index contributed by atoms with van der Waals surface area (Å²) in [5, 5.41) is 20.4. The Morgan fingerprint density at radius 1 is 1.06 bits per heavy atom. The van der Waals surface area contributed by atoms with Gasteiger partial charge in [-0.05, 0) is 65.7 Å². The maximum Gasteiger partial charge on any atom is 0.350 e. The van der Waals surface area contributed by atoms with Crippen LogP contribution in [0.3, 0.4) is 0 Å². The van der Waals surface area contributed by atoms with Crippen molar-refractivity contribution in [2.24, 2.45) is 0 Å². The van der Waals surface area contributed by atoms with Gasteiger partial charge in [0.05, 0.1) is 6.54 Å². The van der Waals surface area contributed by atoms with Gasteiger partial charge in [0, 0.05) is 22.5 Å². The second-order valence-electron chi connectivity index (χ2n) is 7.92. The van der Waals surface area contributed by atoms with Crippen LogP contribution < -0.4 is 11.0 Å². The van der Waals surface area contributed by atoms with Gasteiger partial charge in [-0.15, -0.1) is 15.3 Å². The number of nitrogens with one attached hydrogen (secondary N) is 1. The molecule has 35 heavy (non-hydrogen) atoms. The summed E-state index contributed by atoms with van der Waals surface area (Å²) in [4.78, 5) is 26.9. The van der Waals surface area contributed by atoms with Gasteiger partial charge in [-0.25, -0.2) is 9.48 Å². The third-order valence-electron chi connectivity index (χ3n) is 5.51. The summed E-state index contributed by atoms with van der Waals surface area (Å²) in [6.07, 6.45) is 2.15. The molecule has 176 valence electrons. The molecule has 2 aromatic carbocycles. The van der Waals surface area contributed by atoms with Crippen molar-refractivity contribution in [2.75, 3.05) is 5.32 Å². The van der Waals surface area contributed by atoms with Crippen LogP contribution in [0.2, 0.25) is 5.02 Å². The highest BCUT2D eigenvalue weighted by molar-refractivity contribution is 6.30. The van der Waals surface area contributed by atoms with Crippen LogP contribution in [0.25, 0.3) is 17.0 Å². The molecule has 0 saturated heterocycles. The first kappa shape index (κ1) is 22.5. The zero-order valence-electron chi connectivity index (χ0n) is 18.7. The number of fused-ring (bicyclic) bond motifs is 1. The molecule has 1 unspecified atom stereocenters. The predicted molar refractivity (Wildman–Crippen MR) is 131 cm³/mol. The van der Waals surface area contributed by atoms with Crippen molar-refractivity contribution in [2.45, 2.75) is 25.9 Å². The molecule has 1 atom stereocenters. The molecular formula is C24H21ClN8O2. The van der Waals surface area contributed by atoms with Crippen molar-refractivity contribution < 1.29 is 4.79 Å². The average molecular weight is 489 g/mol. The summed E-state index contributed by atoms with van der Waals surface area (Å²) in [7, 11) is 0. The van der Waals surface area contributed by atoms with Gasteiger partial charge in [0.2, 0.25) is 5.82 Å². The van der Waals surface area contributed by atoms with Crippen LogP contribution in [0.5, 0.6) is 0 Å². The number of anilines is 1. The van der Waals surface area contributed by atoms with E-state index in [2.05, 4.69) is 25.8 Å². The molecule has 11 heteroatoms. The molecule has 5 rings (SSSR count). The standard InChI is InChI=1S/C24H21ClN8O2/c1-2-20(33-29-22(27-30-33)17-9-11-18(25)12-10-17)23(34)26-19-7-5-6-16(14-19)15-32-24(35)31-13-4-3-8-21(31)28-32/h3-14,20H,2,15H2,1H3,(H,26,34). The molecule has 3 heterocycles. The van der Waals surface area contributed by atoms with Gasteiger partial charge in [0.1, 0.15) is 0 Å². The first-order chi connectivity index (χ1) is 17.0. The van der Waals surface area contributed by atoms with Crippen LogP contribution in [-0.2, 0) is 11.3 Å². The Bertz CT molecular complexity index is 1550. The minimum atomic E-state index is -0.645. The van der Waals surface area contributed by atoms with E-state index in [1.165, 1.54) is 13.9 Å². The number of aromatic nitrogens is 7. The quantitative estimate of drug-likeness (QED) is 0.375. The van der Waals surface area contributed by atoms with Gasteiger partial charge in [-0.2, -0.15) is 4.80 Å². The number of halogens is 1. The number of pyridine rings is 1. The minimum absolute atomic E-state index is 0.227. The fourth-order valence-corrected chi connectivity index (χ4v) is 3.87. The second-order valence-corrected chi connectivity index (χ2v) is 8.36. The van der Waals surface area contributed by atoms with Crippen LogP contribution in [0.4, 0.5) is 5.69 Å². The van der Waals surface area contributed by atoms with Gasteiger partial charge in [-0.1, -0.05) is 36.7 Å². The number of amides is 1. The fourth-order valence-electron chi connectivity index (χ4n) is 3.74. The van der Waals surface area contributed by atoms with Crippen molar-refractivity contribution in [3.8, 4) is 11.4 Å². The van der Waals surface area contributed by atoms with E-state index in [-0.39, 0.29) is 18.1 Å². The molecule has 1 N–H and O–H groups in total. The topological polar surface area (TPSA) is 112 Å². The van der Waals surface area contributed by atoms with Gasteiger partial charge in [0.15, 0.2) is 11.7 Å². The summed E-state index contributed by atoms with van der Waals surface area (Å²) in [5.74, 6) is 0.141. The van der Waals surface area contributed by atoms with E-state index in [9.17, 15) is 9.59 Å². The maximum absolute atomic E-state index is 13.0. The fraction of sp³-hybridized carbons (Fsp3) is 0.167. The molecule has 0 fully saturated rings. The van der Waals surface area contributed by atoms with E-state index < -0.39 is 6.04 Å². The molecular weight excluding hydrogens is 468 g/mol. The number of hydrogen-bond acceptors (Lipinski definition) is 6. The summed E-state index contributed by atoms with van der Waals surface area (Å²) < 4.78 is 2.88. The SMILES string of the molecule is CCC(C(=O)Nc1cccc(Cn2nc3ccccn3c2=O)c1)n1nnc(-c2ccc(Cl)cc2)n1. The predicted octanol–water partition coefficient (Wildman–Crippen LogP) is 3.44. The van der Waals surface area contributed by atoms with Gasteiger partial charge in [0.25, 0.3) is 5.91 Å². The van der Waals surface area contributed by atoms with Crippen molar-refractivity contribution in [1.29, 1.82) is 0 Å². The smallest absolute Gasteiger partial charge is 0.324 e. The van der Waals surface area contributed by atoms with E-state index in [4.69, 9.17) is 11.6 Å². The first-order valence-corrected chi connectivity index (χ1v) is 11.4. The lowest BCUT2D eigenvalue weighted by molar-refractivity contribution is -0.119. The number of carbonyl (C=O) groups excluding carboxylic acids is 1. The zero-order valence-corrected chi connectivity index (χ0v) is 19.5. The molecule has 5 aromatic rings. The summed E-state index contributed by atoms with van der Waals surface area (Å²) in [6, 6.07) is 19.1. The van der Waals surface area contributed by atoms with Crippen LogP contribution in [-0.4, -0.2) is 40.3 Å². The largest absolute Gasteiger partial charge is 0.350 e. The Labute approximate surface area is 204 Å². The van der Waals surface area contributed by atoms with E-state index in [1.54, 1.807) is 48.7 Å². The van der Waals surface area contributed by atoms with Crippen molar-refractivity contribution in [3.63, 3.8) is 0 Å². The number of benzene rings is 2. The number of rotatable bonds is 7. The van der Waals surface area contributed by atoms with Gasteiger partial charge in [-0.3, -0.25) is 9.20 Å². The van der Waals surface area contributed by atoms with Crippen LogP contribution in [0.15, 0.2) is 77.7 Å². The van der Waals surface area contributed by atoms with Crippen molar-refractivity contribution in [3.05, 3.63) is 94.0 Å². The monoisotopic (exact) mass is 488 g/mol. The zero-order chi connectivity index (χ0) is 24.4. The number of carbonyl (C=O) groups is 1. The van der Waals surface area contributed by atoms with Gasteiger partial charge >= 0.3 is 5.69 Å². The lowest BCUT2D eigenvalue weighted by Gasteiger charge is -2.14. The van der Waals surface area contributed by atoms with Crippen molar-refractivity contribution in [1.82, 2.24) is 34.4 Å². The molecule has 0 aliphatic carbocycles. The minimum Gasteiger partial charge on any atom is -0.324 e. The van der Waals surface area contributed by atoms with E-state index >= 15 is 0 Å². The highest BCUT2D eigenvalue weighted by Crippen LogP contribution is 2.20. The summed E-state index contributed by atoms with van der Waals surface area (Å²) >= 11 is 5.94. The number of nitrogens with zero attached hydrogens (tertiary/aromatic N) is 7. The molecule has 0 bridgehead atoms. The Balaban J connectivity index is 1.32. The average Bonchev–Trinajstić information content (AvgIpc) is 3.46. The second kappa shape index (κ2) is 9.51. The van der Waals surface area contributed by atoms with E-state index in [0.717, 1.165) is 11.1 Å². The molecule has 10 nitrogen and oxygen atoms in total. The number of hydrogen-bond donors (Lipinski definition) is 1. The third kappa shape index (κ3) is 4.69. The molecule has 0 radical (unpaired) electrons. The van der Waals surface area contributed by atoms with E-state index in [0.29, 0.717) is 28.6 Å².